The molecular weight excluding hydrogens is 568 g/mol. The van der Waals surface area contributed by atoms with Crippen LogP contribution in [-0.2, 0) is 14.3 Å². The lowest BCUT2D eigenvalue weighted by atomic mass is 10.0. The zero-order valence-electron chi connectivity index (χ0n) is 30.4. The summed E-state index contributed by atoms with van der Waals surface area (Å²) in [6.07, 6.45) is 50.5. The third-order valence-electron chi connectivity index (χ3n) is 8.53. The van der Waals surface area contributed by atoms with Crippen molar-refractivity contribution in [1.82, 2.24) is 0 Å². The number of unbranched alkanes of at least 4 members (excludes halogenated alkanes) is 18. The van der Waals surface area contributed by atoms with Gasteiger partial charge < -0.3 is 9.84 Å². The van der Waals surface area contributed by atoms with Crippen LogP contribution >= 0.6 is 0 Å². The fraction of sp³-hybridized carbons (Fsp3) is 0.762. The van der Waals surface area contributed by atoms with Gasteiger partial charge in [0, 0.05) is 12.8 Å². The van der Waals surface area contributed by atoms with Crippen LogP contribution in [0.5, 0.6) is 0 Å². The fourth-order valence-electron chi connectivity index (χ4n) is 5.69. The second-order valence-corrected chi connectivity index (χ2v) is 13.1. The van der Waals surface area contributed by atoms with Crippen molar-refractivity contribution in [3.63, 3.8) is 0 Å². The predicted molar refractivity (Wildman–Crippen MR) is 199 cm³/mol. The first-order chi connectivity index (χ1) is 22.6. The van der Waals surface area contributed by atoms with Gasteiger partial charge in [-0.1, -0.05) is 159 Å². The maximum absolute atomic E-state index is 12.4. The Balaban J connectivity index is 3.62. The maximum Gasteiger partial charge on any atom is 0.306 e. The molecule has 4 nitrogen and oxygen atoms in total. The van der Waals surface area contributed by atoms with E-state index in [2.05, 4.69) is 62.5 Å². The van der Waals surface area contributed by atoms with Gasteiger partial charge in [0.15, 0.2) is 0 Å². The van der Waals surface area contributed by atoms with Gasteiger partial charge in [-0.15, -0.1) is 0 Å². The van der Waals surface area contributed by atoms with E-state index in [4.69, 9.17) is 9.84 Å². The van der Waals surface area contributed by atoms with Gasteiger partial charge in [0.1, 0.15) is 6.10 Å². The summed E-state index contributed by atoms with van der Waals surface area (Å²) >= 11 is 0. The van der Waals surface area contributed by atoms with Crippen molar-refractivity contribution in [3.05, 3.63) is 48.6 Å². The van der Waals surface area contributed by atoms with Crippen molar-refractivity contribution in [2.75, 3.05) is 0 Å². The number of ether oxygens (including phenoxy) is 1. The van der Waals surface area contributed by atoms with Gasteiger partial charge in [0.25, 0.3) is 0 Å². The summed E-state index contributed by atoms with van der Waals surface area (Å²) in [5, 5.41) is 8.67. The lowest BCUT2D eigenvalue weighted by Gasteiger charge is -2.17. The normalized spacial score (nSPS) is 12.7. The first kappa shape index (κ1) is 43.9. The van der Waals surface area contributed by atoms with Crippen LogP contribution in [-0.4, -0.2) is 23.1 Å². The lowest BCUT2D eigenvalue weighted by Crippen LogP contribution is -2.18. The van der Waals surface area contributed by atoms with Crippen molar-refractivity contribution < 1.29 is 19.4 Å². The van der Waals surface area contributed by atoms with E-state index in [1.165, 1.54) is 89.9 Å². The third-order valence-corrected chi connectivity index (χ3v) is 8.53. The quantitative estimate of drug-likeness (QED) is 0.0424. The van der Waals surface area contributed by atoms with Crippen molar-refractivity contribution in [3.8, 4) is 0 Å². The molecule has 0 fully saturated rings. The van der Waals surface area contributed by atoms with E-state index < -0.39 is 5.97 Å². The standard InChI is InChI=1S/C42H74O4/c1-3-5-6-7-8-9-10-11-12-13-14-15-16-17-18-19-23-26-29-32-35-39-42(45)46-40(36-4-2)37-33-30-27-24-21-20-22-25-28-31-34-38-41(43)44/h8-9,11-12,14-15,17-18,40H,3-7,10,13,16,19-39H2,1-2H3,(H,43,44)/b9-8-,12-11-,15-14-,18-17-. The maximum atomic E-state index is 12.4. The van der Waals surface area contributed by atoms with Crippen LogP contribution in [0.15, 0.2) is 48.6 Å². The number of carboxylic acids is 1. The topological polar surface area (TPSA) is 63.6 Å². The molecule has 0 bridgehead atoms. The average Bonchev–Trinajstić information content (AvgIpc) is 3.03. The Morgan fingerprint density at radius 3 is 1.37 bits per heavy atom. The molecule has 0 aliphatic rings. The zero-order chi connectivity index (χ0) is 33.6. The van der Waals surface area contributed by atoms with Crippen molar-refractivity contribution >= 4 is 11.9 Å². The number of hydrogen-bond donors (Lipinski definition) is 1. The molecule has 1 atom stereocenters. The van der Waals surface area contributed by atoms with Crippen molar-refractivity contribution in [2.45, 2.75) is 206 Å². The molecule has 0 saturated carbocycles. The number of esters is 1. The molecule has 0 aliphatic heterocycles. The molecule has 0 radical (unpaired) electrons. The van der Waals surface area contributed by atoms with E-state index in [0.29, 0.717) is 12.8 Å². The Morgan fingerprint density at radius 2 is 0.891 bits per heavy atom. The zero-order valence-corrected chi connectivity index (χ0v) is 30.4. The van der Waals surface area contributed by atoms with E-state index >= 15 is 0 Å². The van der Waals surface area contributed by atoms with Gasteiger partial charge in [-0.2, -0.15) is 0 Å². The van der Waals surface area contributed by atoms with Crippen LogP contribution in [0.2, 0.25) is 0 Å². The molecule has 1 N–H and O–H groups in total. The number of carboxylic acid groups (broad SMARTS) is 1. The van der Waals surface area contributed by atoms with Crippen LogP contribution < -0.4 is 0 Å². The molecule has 0 heterocycles. The van der Waals surface area contributed by atoms with E-state index in [1.807, 2.05) is 0 Å². The second kappa shape index (κ2) is 37.4. The fourth-order valence-corrected chi connectivity index (χ4v) is 5.69. The minimum absolute atomic E-state index is 0.00234. The highest BCUT2D eigenvalue weighted by atomic mass is 16.5. The Morgan fingerprint density at radius 1 is 0.478 bits per heavy atom. The molecule has 0 amide bonds. The molecule has 0 saturated heterocycles. The first-order valence-corrected chi connectivity index (χ1v) is 19.6. The van der Waals surface area contributed by atoms with E-state index in [1.54, 1.807) is 0 Å². The molecular formula is C42H74O4. The van der Waals surface area contributed by atoms with Crippen molar-refractivity contribution in [2.24, 2.45) is 0 Å². The molecule has 4 heteroatoms. The molecule has 0 rings (SSSR count). The molecule has 46 heavy (non-hydrogen) atoms. The lowest BCUT2D eigenvalue weighted by molar-refractivity contribution is -0.150. The predicted octanol–water partition coefficient (Wildman–Crippen LogP) is 13.6. The largest absolute Gasteiger partial charge is 0.481 e. The highest BCUT2D eigenvalue weighted by Crippen LogP contribution is 2.17. The van der Waals surface area contributed by atoms with E-state index in [9.17, 15) is 9.59 Å². The van der Waals surface area contributed by atoms with Crippen LogP contribution in [0.3, 0.4) is 0 Å². The van der Waals surface area contributed by atoms with Gasteiger partial charge >= 0.3 is 11.9 Å². The smallest absolute Gasteiger partial charge is 0.306 e. The SMILES string of the molecule is CCCCC/C=C\C/C=C\C/C=C\C/C=C\CCCCCCCC(=O)OC(CCC)CCCCCCCCCCCCCC(=O)O. The first-order valence-electron chi connectivity index (χ1n) is 19.6. The van der Waals surface area contributed by atoms with E-state index in [-0.39, 0.29) is 12.1 Å². The number of rotatable bonds is 35. The summed E-state index contributed by atoms with van der Waals surface area (Å²) in [6, 6.07) is 0. The van der Waals surface area contributed by atoms with Gasteiger partial charge in [0.05, 0.1) is 0 Å². The molecule has 266 valence electrons. The van der Waals surface area contributed by atoms with Gasteiger partial charge in [-0.05, 0) is 77.0 Å². The molecule has 0 spiro atoms. The summed E-state index contributed by atoms with van der Waals surface area (Å²) in [5.41, 5.74) is 0. The molecule has 0 aromatic rings. The van der Waals surface area contributed by atoms with E-state index in [0.717, 1.165) is 83.5 Å². The Labute approximate surface area is 285 Å². The van der Waals surface area contributed by atoms with Crippen LogP contribution in [0.1, 0.15) is 200 Å². The minimum Gasteiger partial charge on any atom is -0.481 e. The minimum atomic E-state index is -0.675. The molecule has 0 aromatic heterocycles. The van der Waals surface area contributed by atoms with Crippen molar-refractivity contribution in [1.29, 1.82) is 0 Å². The van der Waals surface area contributed by atoms with Crippen LogP contribution in [0, 0.1) is 0 Å². The Hall–Kier alpha value is -2.10. The summed E-state index contributed by atoms with van der Waals surface area (Å²) < 4.78 is 5.86. The molecule has 0 aromatic carbocycles. The molecule has 1 unspecified atom stereocenters. The Bertz CT molecular complexity index is 779. The van der Waals surface area contributed by atoms with Gasteiger partial charge in [0.2, 0.25) is 0 Å². The summed E-state index contributed by atoms with van der Waals surface area (Å²) in [6.45, 7) is 4.42. The highest BCUT2D eigenvalue weighted by molar-refractivity contribution is 5.69. The highest BCUT2D eigenvalue weighted by Gasteiger charge is 2.13. The third kappa shape index (κ3) is 36.4. The summed E-state index contributed by atoms with van der Waals surface area (Å²) in [7, 11) is 0. The number of allylic oxidation sites excluding steroid dienone is 8. The second-order valence-electron chi connectivity index (χ2n) is 13.1. The Kier molecular flexibility index (Phi) is 35.7. The average molecular weight is 643 g/mol. The number of aliphatic carboxylic acids is 1. The van der Waals surface area contributed by atoms with Gasteiger partial charge in [-0.25, -0.2) is 0 Å². The number of hydrogen-bond acceptors (Lipinski definition) is 3. The van der Waals surface area contributed by atoms with Crippen LogP contribution in [0.25, 0.3) is 0 Å². The summed E-state index contributed by atoms with van der Waals surface area (Å²) in [4.78, 5) is 22.9. The van der Waals surface area contributed by atoms with Gasteiger partial charge in [-0.3, -0.25) is 9.59 Å². The summed E-state index contributed by atoms with van der Waals surface area (Å²) in [5.74, 6) is -0.673. The van der Waals surface area contributed by atoms with Crippen LogP contribution in [0.4, 0.5) is 0 Å². The monoisotopic (exact) mass is 643 g/mol. The number of carbonyl (C=O) groups excluding carboxylic acids is 1. The number of carbonyl (C=O) groups is 2. The molecule has 0 aliphatic carbocycles.